The van der Waals surface area contributed by atoms with Crippen molar-refractivity contribution in [3.05, 3.63) is 17.8 Å². The number of carbonyl (C=O) groups is 2. The smallest absolute Gasteiger partial charge is 0.354 e. The summed E-state index contributed by atoms with van der Waals surface area (Å²) in [6.45, 7) is 3.82. The number of nitrogen functional groups attached to an aromatic ring is 1. The van der Waals surface area contributed by atoms with E-state index in [1.165, 1.54) is 12.1 Å². The van der Waals surface area contributed by atoms with Crippen LogP contribution in [0.2, 0.25) is 0 Å². The van der Waals surface area contributed by atoms with Gasteiger partial charge in [-0.05, 0) is 19.1 Å². The van der Waals surface area contributed by atoms with Gasteiger partial charge in [0.15, 0.2) is 11.5 Å². The zero-order chi connectivity index (χ0) is 15.4. The van der Waals surface area contributed by atoms with Gasteiger partial charge in [-0.1, -0.05) is 0 Å². The van der Waals surface area contributed by atoms with Gasteiger partial charge in [-0.3, -0.25) is 4.79 Å². The van der Waals surface area contributed by atoms with Crippen molar-refractivity contribution in [2.45, 2.75) is 13.0 Å². The quantitative estimate of drug-likeness (QED) is 0.716. The monoisotopic (exact) mass is 294 g/mol. The standard InChI is InChI=1S/C13H18N4O4/c1-8(12(18)17-4-6-21-7-5-17)15-11-9(14)2-3-10(16-11)13(19)20/h2-3,8H,4-7,14H2,1H3,(H,15,16)(H,19,20). The molecule has 114 valence electrons. The number of anilines is 2. The molecule has 1 aliphatic heterocycles. The zero-order valence-electron chi connectivity index (χ0n) is 11.7. The average molecular weight is 294 g/mol. The lowest BCUT2D eigenvalue weighted by atomic mass is 10.2. The van der Waals surface area contributed by atoms with Gasteiger partial charge in [0.1, 0.15) is 6.04 Å². The topological polar surface area (TPSA) is 118 Å². The summed E-state index contributed by atoms with van der Waals surface area (Å²) in [4.78, 5) is 28.8. The number of pyridine rings is 1. The van der Waals surface area contributed by atoms with Crippen molar-refractivity contribution in [1.82, 2.24) is 9.88 Å². The Morgan fingerprint density at radius 2 is 2.10 bits per heavy atom. The molecule has 2 heterocycles. The molecular formula is C13H18N4O4. The number of carboxylic acids is 1. The molecule has 1 atom stereocenters. The molecule has 1 aromatic rings. The van der Waals surface area contributed by atoms with Crippen LogP contribution in [0.5, 0.6) is 0 Å². The van der Waals surface area contributed by atoms with E-state index in [-0.39, 0.29) is 17.4 Å². The van der Waals surface area contributed by atoms with E-state index in [1.54, 1.807) is 11.8 Å². The Balaban J connectivity index is 2.07. The number of hydrogen-bond acceptors (Lipinski definition) is 6. The lowest BCUT2D eigenvalue weighted by Crippen LogP contribution is -2.47. The maximum absolute atomic E-state index is 12.3. The molecule has 0 radical (unpaired) electrons. The molecular weight excluding hydrogens is 276 g/mol. The summed E-state index contributed by atoms with van der Waals surface area (Å²) < 4.78 is 5.20. The fourth-order valence-electron chi connectivity index (χ4n) is 2.03. The number of nitrogens with two attached hydrogens (primary N) is 1. The fraction of sp³-hybridized carbons (Fsp3) is 0.462. The van der Waals surface area contributed by atoms with E-state index >= 15 is 0 Å². The Hall–Kier alpha value is -2.35. The van der Waals surface area contributed by atoms with Crippen molar-refractivity contribution < 1.29 is 19.4 Å². The molecule has 2 rings (SSSR count). The molecule has 1 fully saturated rings. The normalized spacial score (nSPS) is 16.3. The third-order valence-corrected chi connectivity index (χ3v) is 3.19. The van der Waals surface area contributed by atoms with Crippen molar-refractivity contribution in [2.24, 2.45) is 0 Å². The van der Waals surface area contributed by atoms with Crippen molar-refractivity contribution >= 4 is 23.4 Å². The fourth-order valence-corrected chi connectivity index (χ4v) is 2.03. The van der Waals surface area contributed by atoms with E-state index in [0.29, 0.717) is 32.0 Å². The minimum absolute atomic E-state index is 0.0970. The summed E-state index contributed by atoms with van der Waals surface area (Å²) >= 11 is 0. The Morgan fingerprint density at radius 1 is 1.43 bits per heavy atom. The third kappa shape index (κ3) is 3.60. The third-order valence-electron chi connectivity index (χ3n) is 3.19. The summed E-state index contributed by atoms with van der Waals surface area (Å²) in [6.07, 6.45) is 0. The van der Waals surface area contributed by atoms with E-state index in [9.17, 15) is 9.59 Å². The minimum atomic E-state index is -1.15. The van der Waals surface area contributed by atoms with Crippen LogP contribution in [0.4, 0.5) is 11.5 Å². The molecule has 1 amide bonds. The number of hydrogen-bond donors (Lipinski definition) is 3. The van der Waals surface area contributed by atoms with Crippen LogP contribution >= 0.6 is 0 Å². The van der Waals surface area contributed by atoms with E-state index in [2.05, 4.69) is 10.3 Å². The highest BCUT2D eigenvalue weighted by Gasteiger charge is 2.23. The first kappa shape index (κ1) is 15.0. The number of nitrogens with one attached hydrogen (secondary N) is 1. The number of rotatable bonds is 4. The van der Waals surface area contributed by atoms with Crippen molar-refractivity contribution in [1.29, 1.82) is 0 Å². The van der Waals surface area contributed by atoms with Crippen LogP contribution < -0.4 is 11.1 Å². The molecule has 4 N–H and O–H groups in total. The lowest BCUT2D eigenvalue weighted by Gasteiger charge is -2.29. The first-order chi connectivity index (χ1) is 9.99. The Labute approximate surface area is 121 Å². The Kier molecular flexibility index (Phi) is 4.59. The van der Waals surface area contributed by atoms with E-state index in [1.807, 2.05) is 0 Å². The second-order valence-corrected chi connectivity index (χ2v) is 4.74. The largest absolute Gasteiger partial charge is 0.477 e. The summed E-state index contributed by atoms with van der Waals surface area (Å²) in [6, 6.07) is 2.21. The number of amides is 1. The van der Waals surface area contributed by atoms with E-state index in [0.717, 1.165) is 0 Å². The second kappa shape index (κ2) is 6.40. The van der Waals surface area contributed by atoms with Gasteiger partial charge in [-0.25, -0.2) is 9.78 Å². The molecule has 8 nitrogen and oxygen atoms in total. The first-order valence-electron chi connectivity index (χ1n) is 6.62. The van der Waals surface area contributed by atoms with E-state index in [4.69, 9.17) is 15.6 Å². The minimum Gasteiger partial charge on any atom is -0.477 e. The van der Waals surface area contributed by atoms with Crippen LogP contribution in [-0.2, 0) is 9.53 Å². The van der Waals surface area contributed by atoms with Gasteiger partial charge in [0.05, 0.1) is 18.9 Å². The van der Waals surface area contributed by atoms with Gasteiger partial charge in [0, 0.05) is 13.1 Å². The van der Waals surface area contributed by atoms with Gasteiger partial charge in [0.2, 0.25) is 5.91 Å². The number of aromatic carboxylic acids is 1. The Bertz CT molecular complexity index is 543. The molecule has 1 unspecified atom stereocenters. The number of nitrogens with zero attached hydrogens (tertiary/aromatic N) is 2. The van der Waals surface area contributed by atoms with Gasteiger partial charge in [-0.2, -0.15) is 0 Å². The predicted molar refractivity (Wildman–Crippen MR) is 76.1 cm³/mol. The molecule has 0 aromatic carbocycles. The summed E-state index contributed by atoms with van der Waals surface area (Å²) in [5.74, 6) is -1.05. The van der Waals surface area contributed by atoms with Crippen LogP contribution in [0.1, 0.15) is 17.4 Å². The van der Waals surface area contributed by atoms with Gasteiger partial charge in [0.25, 0.3) is 0 Å². The van der Waals surface area contributed by atoms with Crippen molar-refractivity contribution in [2.75, 3.05) is 37.4 Å². The Morgan fingerprint density at radius 3 is 2.71 bits per heavy atom. The van der Waals surface area contributed by atoms with Gasteiger partial charge in [-0.15, -0.1) is 0 Å². The molecule has 1 saturated heterocycles. The summed E-state index contributed by atoms with van der Waals surface area (Å²) in [7, 11) is 0. The van der Waals surface area contributed by atoms with Gasteiger partial charge < -0.3 is 25.8 Å². The molecule has 21 heavy (non-hydrogen) atoms. The maximum Gasteiger partial charge on any atom is 0.354 e. The van der Waals surface area contributed by atoms with Crippen LogP contribution in [0, 0.1) is 0 Å². The molecule has 0 aliphatic carbocycles. The lowest BCUT2D eigenvalue weighted by molar-refractivity contribution is -0.135. The van der Waals surface area contributed by atoms with Crippen LogP contribution in [0.15, 0.2) is 12.1 Å². The highest BCUT2D eigenvalue weighted by molar-refractivity contribution is 5.88. The number of carbonyl (C=O) groups excluding carboxylic acids is 1. The predicted octanol–water partition coefficient (Wildman–Crippen LogP) is 0.0212. The van der Waals surface area contributed by atoms with Crippen LogP contribution in [0.3, 0.4) is 0 Å². The maximum atomic E-state index is 12.3. The highest BCUT2D eigenvalue weighted by atomic mass is 16.5. The van der Waals surface area contributed by atoms with Gasteiger partial charge >= 0.3 is 5.97 Å². The average Bonchev–Trinajstić information content (AvgIpc) is 2.49. The number of ether oxygens (including phenoxy) is 1. The first-order valence-corrected chi connectivity index (χ1v) is 6.62. The molecule has 1 aromatic heterocycles. The molecule has 0 bridgehead atoms. The molecule has 1 aliphatic rings. The molecule has 0 spiro atoms. The highest BCUT2D eigenvalue weighted by Crippen LogP contribution is 2.17. The van der Waals surface area contributed by atoms with E-state index < -0.39 is 12.0 Å². The van der Waals surface area contributed by atoms with Crippen molar-refractivity contribution in [3.63, 3.8) is 0 Å². The second-order valence-electron chi connectivity index (χ2n) is 4.74. The molecule has 0 saturated carbocycles. The molecule has 8 heteroatoms. The number of morpholine rings is 1. The number of carboxylic acid groups (broad SMARTS) is 1. The SMILES string of the molecule is CC(Nc1nc(C(=O)O)ccc1N)C(=O)N1CCOCC1. The van der Waals surface area contributed by atoms with Crippen molar-refractivity contribution in [3.8, 4) is 0 Å². The summed E-state index contributed by atoms with van der Waals surface area (Å²) in [5.41, 5.74) is 5.92. The van der Waals surface area contributed by atoms with Crippen LogP contribution in [0.25, 0.3) is 0 Å². The zero-order valence-corrected chi connectivity index (χ0v) is 11.7. The summed E-state index contributed by atoms with van der Waals surface area (Å²) in [5, 5.41) is 11.8. The number of aromatic nitrogens is 1. The van der Waals surface area contributed by atoms with Crippen LogP contribution in [-0.4, -0.2) is 59.2 Å².